The zero-order valence-electron chi connectivity index (χ0n) is 15.4. The zero-order chi connectivity index (χ0) is 18.9. The second kappa shape index (κ2) is 9.83. The van der Waals surface area contributed by atoms with Gasteiger partial charge in [-0.1, -0.05) is 12.1 Å². The van der Waals surface area contributed by atoms with E-state index in [9.17, 15) is 15.2 Å². The van der Waals surface area contributed by atoms with Gasteiger partial charge in [0, 0.05) is 25.4 Å². The van der Waals surface area contributed by atoms with Crippen LogP contribution in [0, 0.1) is 11.3 Å². The third-order valence-corrected chi connectivity index (χ3v) is 4.76. The van der Waals surface area contributed by atoms with Crippen LogP contribution >= 0.6 is 0 Å². The Labute approximate surface area is 155 Å². The van der Waals surface area contributed by atoms with Gasteiger partial charge in [-0.2, -0.15) is 5.26 Å². The number of aliphatic hydroxyl groups is 1. The summed E-state index contributed by atoms with van der Waals surface area (Å²) in [5.41, 5.74) is 1.03. The molecule has 2 atom stereocenters. The molecule has 1 heterocycles. The van der Waals surface area contributed by atoms with E-state index in [1.54, 1.807) is 13.3 Å². The highest BCUT2D eigenvalue weighted by molar-refractivity contribution is 5.97. The lowest BCUT2D eigenvalue weighted by Crippen LogP contribution is -2.37. The number of aliphatic hydroxyl groups excluding tert-OH is 1. The van der Waals surface area contributed by atoms with Crippen LogP contribution in [-0.2, 0) is 4.79 Å². The number of piperidine rings is 1. The summed E-state index contributed by atoms with van der Waals surface area (Å²) in [6.45, 7) is 2.79. The maximum absolute atomic E-state index is 12.5. The van der Waals surface area contributed by atoms with Crippen molar-refractivity contribution < 1.29 is 14.6 Å². The van der Waals surface area contributed by atoms with Crippen molar-refractivity contribution in [3.8, 4) is 11.8 Å². The molecule has 0 bridgehead atoms. The summed E-state index contributed by atoms with van der Waals surface area (Å²) in [6.07, 6.45) is 5.41. The number of hydrogen-bond donors (Lipinski definition) is 2. The summed E-state index contributed by atoms with van der Waals surface area (Å²) < 4.78 is 5.14. The minimum atomic E-state index is -0.385. The number of amides is 1. The Balaban J connectivity index is 2.05. The van der Waals surface area contributed by atoms with Gasteiger partial charge in [0.2, 0.25) is 0 Å². The summed E-state index contributed by atoms with van der Waals surface area (Å²) in [6, 6.07) is 9.43. The number of nitriles is 1. The van der Waals surface area contributed by atoms with Crippen molar-refractivity contribution in [1.82, 2.24) is 10.2 Å². The van der Waals surface area contributed by atoms with Crippen LogP contribution in [0.1, 0.15) is 44.2 Å². The molecule has 1 saturated heterocycles. The predicted octanol–water partition coefficient (Wildman–Crippen LogP) is 2.52. The van der Waals surface area contributed by atoms with Crippen molar-refractivity contribution in [3.63, 3.8) is 0 Å². The fourth-order valence-corrected chi connectivity index (χ4v) is 3.21. The Morgan fingerprint density at radius 1 is 1.46 bits per heavy atom. The van der Waals surface area contributed by atoms with Gasteiger partial charge >= 0.3 is 0 Å². The first kappa shape index (κ1) is 19.8. The summed E-state index contributed by atoms with van der Waals surface area (Å²) in [5.74, 6) is 0.369. The molecular weight excluding hydrogens is 330 g/mol. The number of carbonyl (C=O) groups excluding carboxylic acids is 1. The summed E-state index contributed by atoms with van der Waals surface area (Å²) in [4.78, 5) is 14.5. The number of likely N-dealkylation sites (tertiary alicyclic amines) is 1. The molecule has 2 rings (SSSR count). The summed E-state index contributed by atoms with van der Waals surface area (Å²) in [7, 11) is 1.61. The SMILES string of the molecule is COc1ccc(C(C)NC(=O)/C(C#N)=C\N2CCCCC2CCO)cc1. The van der Waals surface area contributed by atoms with Crippen molar-refractivity contribution >= 4 is 5.91 Å². The third-order valence-electron chi connectivity index (χ3n) is 4.76. The van der Waals surface area contributed by atoms with E-state index in [0.717, 1.165) is 37.1 Å². The van der Waals surface area contributed by atoms with Crippen LogP contribution in [0.2, 0.25) is 0 Å². The van der Waals surface area contributed by atoms with Gasteiger partial charge in [0.1, 0.15) is 17.4 Å². The number of benzene rings is 1. The molecule has 6 nitrogen and oxygen atoms in total. The fraction of sp³-hybridized carbons (Fsp3) is 0.500. The van der Waals surface area contributed by atoms with Crippen molar-refractivity contribution in [2.75, 3.05) is 20.3 Å². The van der Waals surface area contributed by atoms with E-state index in [-0.39, 0.29) is 30.2 Å². The minimum absolute atomic E-state index is 0.0928. The lowest BCUT2D eigenvalue weighted by Gasteiger charge is -2.34. The Kier molecular flexibility index (Phi) is 7.49. The van der Waals surface area contributed by atoms with Crippen molar-refractivity contribution in [2.24, 2.45) is 0 Å². The molecule has 26 heavy (non-hydrogen) atoms. The van der Waals surface area contributed by atoms with Gasteiger partial charge in [-0.15, -0.1) is 0 Å². The molecule has 0 saturated carbocycles. The number of hydrogen-bond acceptors (Lipinski definition) is 5. The van der Waals surface area contributed by atoms with Gasteiger partial charge in [-0.25, -0.2) is 0 Å². The fourth-order valence-electron chi connectivity index (χ4n) is 3.21. The van der Waals surface area contributed by atoms with E-state index in [0.29, 0.717) is 6.42 Å². The second-order valence-electron chi connectivity index (χ2n) is 6.52. The third kappa shape index (κ3) is 5.24. The maximum Gasteiger partial charge on any atom is 0.263 e. The van der Waals surface area contributed by atoms with Crippen molar-refractivity contribution in [2.45, 2.75) is 44.7 Å². The summed E-state index contributed by atoms with van der Waals surface area (Å²) >= 11 is 0. The molecular formula is C20H27N3O3. The summed E-state index contributed by atoms with van der Waals surface area (Å²) in [5, 5.41) is 21.5. The van der Waals surface area contributed by atoms with E-state index >= 15 is 0 Å². The molecule has 1 aliphatic rings. The standard InChI is InChI=1S/C20H27N3O3/c1-15(16-6-8-19(26-2)9-7-16)22-20(25)17(13-21)14-23-11-4-3-5-18(23)10-12-24/h6-9,14-15,18,24H,3-5,10-12H2,1-2H3,(H,22,25)/b17-14-. The van der Waals surface area contributed by atoms with Crippen molar-refractivity contribution in [1.29, 1.82) is 5.26 Å². The first-order chi connectivity index (χ1) is 12.6. The molecule has 0 spiro atoms. The predicted molar refractivity (Wildman–Crippen MR) is 99.3 cm³/mol. The first-order valence-corrected chi connectivity index (χ1v) is 9.02. The van der Waals surface area contributed by atoms with E-state index < -0.39 is 0 Å². The molecule has 140 valence electrons. The Morgan fingerprint density at radius 3 is 2.81 bits per heavy atom. The highest BCUT2D eigenvalue weighted by Crippen LogP contribution is 2.21. The van der Waals surface area contributed by atoms with E-state index in [2.05, 4.69) is 5.32 Å². The van der Waals surface area contributed by atoms with Crippen LogP contribution < -0.4 is 10.1 Å². The number of nitrogens with one attached hydrogen (secondary N) is 1. The largest absolute Gasteiger partial charge is 0.497 e. The molecule has 0 aliphatic carbocycles. The molecule has 1 fully saturated rings. The van der Waals surface area contributed by atoms with Crippen LogP contribution in [0.5, 0.6) is 5.75 Å². The highest BCUT2D eigenvalue weighted by Gasteiger charge is 2.22. The van der Waals surface area contributed by atoms with Crippen LogP contribution in [-0.4, -0.2) is 42.2 Å². The van der Waals surface area contributed by atoms with E-state index in [4.69, 9.17) is 4.74 Å². The van der Waals surface area contributed by atoms with Crippen LogP contribution in [0.25, 0.3) is 0 Å². The van der Waals surface area contributed by atoms with Crippen molar-refractivity contribution in [3.05, 3.63) is 41.6 Å². The molecule has 1 aliphatic heterocycles. The van der Waals surface area contributed by atoms with Gasteiger partial charge in [-0.05, 0) is 50.3 Å². The first-order valence-electron chi connectivity index (χ1n) is 9.02. The highest BCUT2D eigenvalue weighted by atomic mass is 16.5. The molecule has 6 heteroatoms. The number of nitrogens with zero attached hydrogens (tertiary/aromatic N) is 2. The normalized spacial score (nSPS) is 18.8. The number of methoxy groups -OCH3 is 1. The van der Waals surface area contributed by atoms with E-state index in [1.165, 1.54) is 0 Å². The van der Waals surface area contributed by atoms with Gasteiger partial charge in [0.15, 0.2) is 0 Å². The molecule has 0 radical (unpaired) electrons. The van der Waals surface area contributed by atoms with Gasteiger partial charge < -0.3 is 20.1 Å². The average Bonchev–Trinajstić information content (AvgIpc) is 2.67. The Bertz CT molecular complexity index is 662. The van der Waals surface area contributed by atoms with Gasteiger partial charge in [0.05, 0.1) is 13.2 Å². The topological polar surface area (TPSA) is 85.6 Å². The van der Waals surface area contributed by atoms with Crippen LogP contribution in [0.15, 0.2) is 36.0 Å². The lowest BCUT2D eigenvalue weighted by atomic mass is 10.00. The quantitative estimate of drug-likeness (QED) is 0.578. The average molecular weight is 357 g/mol. The minimum Gasteiger partial charge on any atom is -0.497 e. The monoisotopic (exact) mass is 357 g/mol. The number of rotatable bonds is 7. The van der Waals surface area contributed by atoms with E-state index in [1.807, 2.05) is 42.2 Å². The molecule has 1 aromatic rings. The molecule has 2 N–H and O–H groups in total. The Hall–Kier alpha value is -2.52. The molecule has 2 unspecified atom stereocenters. The van der Waals surface area contributed by atoms with Gasteiger partial charge in [-0.3, -0.25) is 4.79 Å². The van der Waals surface area contributed by atoms with Gasteiger partial charge in [0.25, 0.3) is 5.91 Å². The maximum atomic E-state index is 12.5. The second-order valence-corrected chi connectivity index (χ2v) is 6.52. The molecule has 1 amide bonds. The zero-order valence-corrected chi connectivity index (χ0v) is 15.4. The molecule has 0 aromatic heterocycles. The van der Waals surface area contributed by atoms with Crippen LogP contribution in [0.4, 0.5) is 0 Å². The smallest absolute Gasteiger partial charge is 0.263 e. The number of carbonyl (C=O) groups is 1. The molecule has 1 aromatic carbocycles. The number of ether oxygens (including phenoxy) is 1. The Morgan fingerprint density at radius 2 is 2.19 bits per heavy atom. The lowest BCUT2D eigenvalue weighted by molar-refractivity contribution is -0.117. The van der Waals surface area contributed by atoms with Crippen LogP contribution in [0.3, 0.4) is 0 Å².